The van der Waals surface area contributed by atoms with Crippen LogP contribution in [-0.4, -0.2) is 73.8 Å². The molecule has 12 nitrogen and oxygen atoms in total. The number of nitrogens with one attached hydrogen (secondary N) is 3. The van der Waals surface area contributed by atoms with E-state index in [9.17, 15) is 28.1 Å². The van der Waals surface area contributed by atoms with Crippen LogP contribution in [0.3, 0.4) is 0 Å². The number of benzene rings is 3. The summed E-state index contributed by atoms with van der Waals surface area (Å²) in [5, 5.41) is 7.70. The molecule has 0 aromatic heterocycles. The first-order valence-electron chi connectivity index (χ1n) is 16.5. The highest BCUT2D eigenvalue weighted by molar-refractivity contribution is 7.53. The van der Waals surface area contributed by atoms with Crippen LogP contribution < -0.4 is 16.0 Å². The quantitative estimate of drug-likeness (QED) is 0.179. The number of hydrogen-bond acceptors (Lipinski definition) is 8. The second kappa shape index (κ2) is 16.3. The largest absolute Gasteiger partial charge is 0.436 e. The van der Waals surface area contributed by atoms with Gasteiger partial charge in [-0.25, -0.2) is 13.6 Å². The van der Waals surface area contributed by atoms with Gasteiger partial charge in [-0.2, -0.15) is 0 Å². The Hall–Kier alpha value is -4.36. The average Bonchev–Trinajstić information content (AvgIpc) is 3.09. The molecule has 3 aromatic rings. The Morgan fingerprint density at radius 3 is 2.39 bits per heavy atom. The lowest BCUT2D eigenvalue weighted by Gasteiger charge is -2.45. The Morgan fingerprint density at radius 2 is 1.73 bits per heavy atom. The lowest BCUT2D eigenvalue weighted by Crippen LogP contribution is -2.57. The molecule has 0 aliphatic carbocycles. The Balaban J connectivity index is 1.32. The predicted octanol–water partition coefficient (Wildman–Crippen LogP) is 6.04. The van der Waals surface area contributed by atoms with Crippen molar-refractivity contribution in [2.45, 2.75) is 44.8 Å². The molecular weight excluding hydrogens is 709 g/mol. The minimum Gasteiger partial charge on any atom is -0.436 e. The van der Waals surface area contributed by atoms with E-state index in [1.54, 1.807) is 19.9 Å². The molecule has 4 amide bonds. The SMILES string of the molecule is CCOP(=O)(CCNC(=O)c1ccc(C(=O)N[C@@H](Cc2cccc(F)c2)C(=O)N2CCC[C@@]3(C2)OC(=O)Nc2ccc(Cl)c(F)c23)cc1)OCC. The number of ether oxygens (including phenoxy) is 1. The minimum absolute atomic E-state index is 0.0195. The monoisotopic (exact) mass is 746 g/mol. The minimum atomic E-state index is -3.35. The normalized spacial score (nSPS) is 17.6. The molecule has 2 aliphatic heterocycles. The number of amides is 4. The number of fused-ring (bicyclic) bond motifs is 2. The van der Waals surface area contributed by atoms with Gasteiger partial charge in [-0.05, 0) is 80.8 Å². The van der Waals surface area contributed by atoms with Gasteiger partial charge in [0.2, 0.25) is 5.91 Å². The van der Waals surface area contributed by atoms with Gasteiger partial charge in [0.05, 0.1) is 42.2 Å². The van der Waals surface area contributed by atoms with Gasteiger partial charge in [0.25, 0.3) is 11.8 Å². The van der Waals surface area contributed by atoms with Gasteiger partial charge in [-0.15, -0.1) is 0 Å². The standard InChI is InChI=1S/C35H38ClF2N4O8P/c1-3-48-51(47,49-4-2)18-16-39-31(43)23-9-11-24(12-10-23)32(44)40-28(20-22-7-5-8-25(37)19-22)33(45)42-17-6-15-35(21-42)29-27(41-34(46)50-35)14-13-26(36)30(29)38/h5,7-14,19,28H,3-4,6,15-18,20-21H2,1-2H3,(H,39,43)(H,40,44)(H,41,46)/t28-,35-/m0/s1. The molecule has 0 unspecified atom stereocenters. The molecule has 3 N–H and O–H groups in total. The van der Waals surface area contributed by atoms with Crippen molar-refractivity contribution in [2.24, 2.45) is 0 Å². The zero-order chi connectivity index (χ0) is 36.8. The molecule has 0 saturated carbocycles. The second-order valence-corrected chi connectivity index (χ2v) is 14.6. The van der Waals surface area contributed by atoms with Crippen molar-refractivity contribution in [3.8, 4) is 0 Å². The summed E-state index contributed by atoms with van der Waals surface area (Å²) in [6.07, 6.45) is -0.361. The van der Waals surface area contributed by atoms with E-state index in [-0.39, 0.29) is 79.3 Å². The van der Waals surface area contributed by atoms with Crippen LogP contribution in [0.5, 0.6) is 0 Å². The van der Waals surface area contributed by atoms with E-state index in [4.69, 9.17) is 25.4 Å². The zero-order valence-corrected chi connectivity index (χ0v) is 29.7. The predicted molar refractivity (Wildman–Crippen MR) is 185 cm³/mol. The number of carbonyl (C=O) groups is 4. The van der Waals surface area contributed by atoms with E-state index in [0.29, 0.717) is 12.0 Å². The number of likely N-dealkylation sites (tertiary alicyclic amines) is 1. The Kier molecular flexibility index (Phi) is 12.1. The number of rotatable bonds is 13. The van der Waals surface area contributed by atoms with Crippen LogP contribution in [0.4, 0.5) is 19.3 Å². The fraction of sp³-hybridized carbons (Fsp3) is 0.371. The van der Waals surface area contributed by atoms with Crippen LogP contribution in [0, 0.1) is 11.6 Å². The van der Waals surface area contributed by atoms with Crippen molar-refractivity contribution in [3.63, 3.8) is 0 Å². The number of carbonyl (C=O) groups excluding carboxylic acids is 4. The van der Waals surface area contributed by atoms with Crippen molar-refractivity contribution in [2.75, 3.05) is 44.3 Å². The van der Waals surface area contributed by atoms with Crippen LogP contribution in [0.2, 0.25) is 5.02 Å². The average molecular weight is 747 g/mol. The van der Waals surface area contributed by atoms with E-state index >= 15 is 4.39 Å². The van der Waals surface area contributed by atoms with Crippen LogP contribution in [0.25, 0.3) is 0 Å². The highest BCUT2D eigenvalue weighted by Gasteiger charge is 2.49. The van der Waals surface area contributed by atoms with E-state index in [2.05, 4.69) is 16.0 Å². The second-order valence-electron chi connectivity index (χ2n) is 12.0. The molecule has 2 atom stereocenters. The van der Waals surface area contributed by atoms with Crippen LogP contribution in [-0.2, 0) is 35.2 Å². The maximum Gasteiger partial charge on any atom is 0.412 e. The summed E-state index contributed by atoms with van der Waals surface area (Å²) in [4.78, 5) is 54.4. The van der Waals surface area contributed by atoms with Gasteiger partial charge in [0.15, 0.2) is 11.4 Å². The summed E-state index contributed by atoms with van der Waals surface area (Å²) >= 11 is 6.10. The molecule has 1 spiro atoms. The van der Waals surface area contributed by atoms with Crippen LogP contribution >= 0.6 is 19.2 Å². The smallest absolute Gasteiger partial charge is 0.412 e. The summed E-state index contributed by atoms with van der Waals surface area (Å²) in [6, 6.07) is 12.9. The fourth-order valence-electron chi connectivity index (χ4n) is 6.26. The molecule has 3 aromatic carbocycles. The number of hydrogen-bond donors (Lipinski definition) is 3. The highest BCUT2D eigenvalue weighted by Crippen LogP contribution is 2.47. The first kappa shape index (κ1) is 37.9. The number of halogens is 3. The summed E-state index contributed by atoms with van der Waals surface area (Å²) in [7, 11) is -3.35. The van der Waals surface area contributed by atoms with Crippen LogP contribution in [0.1, 0.15) is 58.5 Å². The number of nitrogens with zero attached hydrogens (tertiary/aromatic N) is 1. The number of anilines is 1. The molecule has 51 heavy (non-hydrogen) atoms. The maximum absolute atomic E-state index is 15.4. The maximum atomic E-state index is 15.4. The molecule has 1 saturated heterocycles. The lowest BCUT2D eigenvalue weighted by atomic mass is 9.82. The summed E-state index contributed by atoms with van der Waals surface area (Å²) in [6.45, 7) is 3.80. The topological polar surface area (TPSA) is 152 Å². The molecule has 16 heteroatoms. The molecular formula is C35H38ClF2N4O8P. The first-order valence-corrected chi connectivity index (χ1v) is 18.6. The third-order valence-corrected chi connectivity index (χ3v) is 10.9. The Morgan fingerprint density at radius 1 is 1.04 bits per heavy atom. The third-order valence-electron chi connectivity index (χ3n) is 8.51. The van der Waals surface area contributed by atoms with Crippen molar-refractivity contribution in [3.05, 3.63) is 99.6 Å². The van der Waals surface area contributed by atoms with Crippen LogP contribution in [0.15, 0.2) is 60.7 Å². The molecule has 272 valence electrons. The summed E-state index contributed by atoms with van der Waals surface area (Å²) in [5.74, 6) is -2.98. The van der Waals surface area contributed by atoms with Gasteiger partial charge < -0.3 is 29.3 Å². The molecule has 2 aliphatic rings. The number of piperidine rings is 1. The van der Waals surface area contributed by atoms with Gasteiger partial charge in [-0.1, -0.05) is 23.7 Å². The van der Waals surface area contributed by atoms with E-state index in [1.165, 1.54) is 59.5 Å². The Bertz CT molecular complexity index is 1840. The summed E-state index contributed by atoms with van der Waals surface area (Å²) < 4.78 is 58.4. The van der Waals surface area contributed by atoms with Gasteiger partial charge in [0, 0.05) is 30.6 Å². The van der Waals surface area contributed by atoms with Gasteiger partial charge >= 0.3 is 13.7 Å². The van der Waals surface area contributed by atoms with E-state index < -0.39 is 54.7 Å². The van der Waals surface area contributed by atoms with Crippen molar-refractivity contribution >= 4 is 48.7 Å². The van der Waals surface area contributed by atoms with E-state index in [1.807, 2.05) is 0 Å². The molecule has 5 rings (SSSR count). The van der Waals surface area contributed by atoms with E-state index in [0.717, 1.165) is 0 Å². The molecule has 0 bridgehead atoms. The molecule has 0 radical (unpaired) electrons. The Labute approximate surface area is 298 Å². The van der Waals surface area contributed by atoms with Crippen molar-refractivity contribution in [1.82, 2.24) is 15.5 Å². The molecule has 1 fully saturated rings. The first-order chi connectivity index (χ1) is 24.4. The van der Waals surface area contributed by atoms with Crippen molar-refractivity contribution < 1.29 is 46.3 Å². The summed E-state index contributed by atoms with van der Waals surface area (Å²) in [5.41, 5.74) is -0.534. The lowest BCUT2D eigenvalue weighted by molar-refractivity contribution is -0.141. The zero-order valence-electron chi connectivity index (χ0n) is 28.0. The fourth-order valence-corrected chi connectivity index (χ4v) is 7.93. The third kappa shape index (κ3) is 8.93. The van der Waals surface area contributed by atoms with Gasteiger partial charge in [0.1, 0.15) is 11.9 Å². The van der Waals surface area contributed by atoms with Gasteiger partial charge in [-0.3, -0.25) is 24.3 Å². The van der Waals surface area contributed by atoms with Crippen molar-refractivity contribution in [1.29, 1.82) is 0 Å². The molecule has 2 heterocycles. The highest BCUT2D eigenvalue weighted by atomic mass is 35.5.